The van der Waals surface area contributed by atoms with E-state index in [-0.39, 0.29) is 17.9 Å². The molecule has 0 aromatic heterocycles. The second-order valence-electron chi connectivity index (χ2n) is 3.48. The zero-order valence-electron chi connectivity index (χ0n) is 6.97. The number of hydrogen-bond acceptors (Lipinski definition) is 3. The molecule has 1 N–H and O–H groups in total. The van der Waals surface area contributed by atoms with Crippen LogP contribution in [0.15, 0.2) is 0 Å². The summed E-state index contributed by atoms with van der Waals surface area (Å²) < 4.78 is 5.27. The predicted molar refractivity (Wildman–Crippen MR) is 47.7 cm³/mol. The Morgan fingerprint density at radius 2 is 2.33 bits per heavy atom. The van der Waals surface area contributed by atoms with Crippen LogP contribution in [-0.2, 0) is 9.53 Å². The molecule has 1 unspecified atom stereocenters. The Labute approximate surface area is 78.3 Å². The molecule has 1 spiro atoms. The lowest BCUT2D eigenvalue weighted by atomic mass is 9.88. The molecule has 0 saturated carbocycles. The van der Waals surface area contributed by atoms with Gasteiger partial charge in [0.15, 0.2) is 0 Å². The molecule has 2 saturated heterocycles. The molecule has 70 valence electrons. The van der Waals surface area contributed by atoms with Crippen LogP contribution >= 0.6 is 12.4 Å². The standard InChI is InChI=1S/C8H13NO2.ClH/c10-7-1-3-9-8(5-7)2-4-11-6-8;/h9H,1-6H2;1H. The molecular formula is C8H14ClNO2. The van der Waals surface area contributed by atoms with Gasteiger partial charge in [-0.15, -0.1) is 12.4 Å². The highest BCUT2D eigenvalue weighted by Gasteiger charge is 2.38. The topological polar surface area (TPSA) is 38.3 Å². The first-order chi connectivity index (χ1) is 5.31. The van der Waals surface area contributed by atoms with Gasteiger partial charge < -0.3 is 10.1 Å². The second kappa shape index (κ2) is 3.73. The third-order valence-electron chi connectivity index (χ3n) is 2.54. The van der Waals surface area contributed by atoms with Crippen molar-refractivity contribution in [1.82, 2.24) is 5.32 Å². The first kappa shape index (κ1) is 9.96. The van der Waals surface area contributed by atoms with Gasteiger partial charge in [-0.05, 0) is 6.42 Å². The lowest BCUT2D eigenvalue weighted by Crippen LogP contribution is -2.51. The summed E-state index contributed by atoms with van der Waals surface area (Å²) in [5.74, 6) is 0.384. The molecule has 2 aliphatic heterocycles. The molecule has 3 nitrogen and oxygen atoms in total. The van der Waals surface area contributed by atoms with E-state index in [9.17, 15) is 4.79 Å². The summed E-state index contributed by atoms with van der Waals surface area (Å²) in [5, 5.41) is 3.38. The van der Waals surface area contributed by atoms with Gasteiger partial charge in [0.25, 0.3) is 0 Å². The van der Waals surface area contributed by atoms with Gasteiger partial charge in [-0.25, -0.2) is 0 Å². The van der Waals surface area contributed by atoms with Gasteiger partial charge in [0.2, 0.25) is 0 Å². The van der Waals surface area contributed by atoms with Gasteiger partial charge in [-0.1, -0.05) is 0 Å². The normalized spacial score (nSPS) is 35.2. The lowest BCUT2D eigenvalue weighted by molar-refractivity contribution is -0.122. The number of carbonyl (C=O) groups excluding carboxylic acids is 1. The number of piperidine rings is 1. The summed E-state index contributed by atoms with van der Waals surface area (Å²) in [4.78, 5) is 11.1. The predicted octanol–water partition coefficient (Wildman–Crippen LogP) is 0.520. The number of ether oxygens (including phenoxy) is 1. The van der Waals surface area contributed by atoms with Crippen molar-refractivity contribution in [1.29, 1.82) is 0 Å². The molecule has 2 fully saturated rings. The van der Waals surface area contributed by atoms with E-state index in [2.05, 4.69) is 5.32 Å². The molecule has 2 rings (SSSR count). The summed E-state index contributed by atoms with van der Waals surface area (Å²) in [5.41, 5.74) is 0.0231. The molecule has 0 aromatic carbocycles. The summed E-state index contributed by atoms with van der Waals surface area (Å²) in [6.07, 6.45) is 2.37. The van der Waals surface area contributed by atoms with Gasteiger partial charge >= 0.3 is 0 Å². The Hall–Kier alpha value is -0.120. The third kappa shape index (κ3) is 1.79. The molecule has 0 radical (unpaired) electrons. The minimum atomic E-state index is 0. The fourth-order valence-electron chi connectivity index (χ4n) is 1.88. The van der Waals surface area contributed by atoms with Gasteiger partial charge in [-0.2, -0.15) is 0 Å². The van der Waals surface area contributed by atoms with E-state index in [1.54, 1.807) is 0 Å². The maximum Gasteiger partial charge on any atom is 0.136 e. The average molecular weight is 192 g/mol. The van der Waals surface area contributed by atoms with Crippen LogP contribution in [0.1, 0.15) is 19.3 Å². The molecule has 0 amide bonds. The molecule has 0 aliphatic carbocycles. The van der Waals surface area contributed by atoms with E-state index in [1.165, 1.54) is 0 Å². The number of Topliss-reactive ketones (excluding diaryl/α,β-unsaturated/α-hetero) is 1. The van der Waals surface area contributed by atoms with Crippen LogP contribution in [0.5, 0.6) is 0 Å². The minimum Gasteiger partial charge on any atom is -0.379 e. The second-order valence-corrected chi connectivity index (χ2v) is 3.48. The van der Waals surface area contributed by atoms with Gasteiger partial charge in [0, 0.05) is 26.0 Å². The molecule has 0 aromatic rings. The Bertz CT molecular complexity index is 178. The van der Waals surface area contributed by atoms with E-state index in [1.807, 2.05) is 0 Å². The average Bonchev–Trinajstić information content (AvgIpc) is 2.37. The van der Waals surface area contributed by atoms with Crippen molar-refractivity contribution >= 4 is 18.2 Å². The van der Waals surface area contributed by atoms with Crippen molar-refractivity contribution < 1.29 is 9.53 Å². The fraction of sp³-hybridized carbons (Fsp3) is 0.875. The van der Waals surface area contributed by atoms with Crippen molar-refractivity contribution in [3.8, 4) is 0 Å². The summed E-state index contributed by atoms with van der Waals surface area (Å²) >= 11 is 0. The maximum atomic E-state index is 11.1. The maximum absolute atomic E-state index is 11.1. The van der Waals surface area contributed by atoms with E-state index >= 15 is 0 Å². The van der Waals surface area contributed by atoms with Gasteiger partial charge in [-0.3, -0.25) is 4.79 Å². The SMILES string of the molecule is Cl.O=C1CCNC2(CCOC2)C1. The first-order valence-electron chi connectivity index (χ1n) is 4.15. The molecule has 2 aliphatic rings. The van der Waals surface area contributed by atoms with E-state index < -0.39 is 0 Å². The summed E-state index contributed by atoms with van der Waals surface area (Å²) in [6.45, 7) is 2.36. The Morgan fingerprint density at radius 1 is 1.50 bits per heavy atom. The van der Waals surface area contributed by atoms with Crippen LogP contribution < -0.4 is 5.32 Å². The molecular weight excluding hydrogens is 178 g/mol. The third-order valence-corrected chi connectivity index (χ3v) is 2.54. The molecule has 4 heteroatoms. The lowest BCUT2D eigenvalue weighted by Gasteiger charge is -2.32. The van der Waals surface area contributed by atoms with Crippen LogP contribution in [0.25, 0.3) is 0 Å². The van der Waals surface area contributed by atoms with Crippen molar-refractivity contribution in [2.75, 3.05) is 19.8 Å². The highest BCUT2D eigenvalue weighted by atomic mass is 35.5. The van der Waals surface area contributed by atoms with Crippen molar-refractivity contribution in [3.63, 3.8) is 0 Å². The Morgan fingerprint density at radius 3 is 2.92 bits per heavy atom. The number of hydrogen-bond donors (Lipinski definition) is 1. The van der Waals surface area contributed by atoms with Crippen LogP contribution in [0.3, 0.4) is 0 Å². The number of ketones is 1. The van der Waals surface area contributed by atoms with E-state index in [4.69, 9.17) is 4.74 Å². The molecule has 12 heavy (non-hydrogen) atoms. The van der Waals surface area contributed by atoms with E-state index in [0.29, 0.717) is 18.6 Å². The van der Waals surface area contributed by atoms with Crippen LogP contribution in [0, 0.1) is 0 Å². The molecule has 1 atom stereocenters. The smallest absolute Gasteiger partial charge is 0.136 e. The van der Waals surface area contributed by atoms with Crippen molar-refractivity contribution in [2.45, 2.75) is 24.8 Å². The Balaban J connectivity index is 0.000000720. The van der Waals surface area contributed by atoms with Crippen molar-refractivity contribution in [2.24, 2.45) is 0 Å². The first-order valence-corrected chi connectivity index (χ1v) is 4.15. The highest BCUT2D eigenvalue weighted by Crippen LogP contribution is 2.25. The molecule has 2 heterocycles. The zero-order valence-corrected chi connectivity index (χ0v) is 7.78. The largest absolute Gasteiger partial charge is 0.379 e. The number of nitrogens with one attached hydrogen (secondary N) is 1. The van der Waals surface area contributed by atoms with Gasteiger partial charge in [0.05, 0.1) is 12.1 Å². The number of rotatable bonds is 0. The highest BCUT2D eigenvalue weighted by molar-refractivity contribution is 5.85. The fourth-order valence-corrected chi connectivity index (χ4v) is 1.88. The van der Waals surface area contributed by atoms with Crippen LogP contribution in [-0.4, -0.2) is 31.1 Å². The van der Waals surface area contributed by atoms with Crippen LogP contribution in [0.2, 0.25) is 0 Å². The zero-order chi connectivity index (χ0) is 7.73. The monoisotopic (exact) mass is 191 g/mol. The summed E-state index contributed by atoms with van der Waals surface area (Å²) in [6, 6.07) is 0. The Kier molecular flexibility index (Phi) is 3.09. The van der Waals surface area contributed by atoms with E-state index in [0.717, 1.165) is 26.2 Å². The number of halogens is 1. The quantitative estimate of drug-likeness (QED) is 0.607. The number of carbonyl (C=O) groups is 1. The summed E-state index contributed by atoms with van der Waals surface area (Å²) in [7, 11) is 0. The van der Waals surface area contributed by atoms with Crippen LogP contribution in [0.4, 0.5) is 0 Å². The van der Waals surface area contributed by atoms with Crippen molar-refractivity contribution in [3.05, 3.63) is 0 Å². The van der Waals surface area contributed by atoms with Gasteiger partial charge in [0.1, 0.15) is 5.78 Å². The molecule has 0 bridgehead atoms. The minimum absolute atomic E-state index is 0.